The second-order valence-electron chi connectivity index (χ2n) is 5.73. The third-order valence-electron chi connectivity index (χ3n) is 4.23. The summed E-state index contributed by atoms with van der Waals surface area (Å²) in [5.74, 6) is 0.920. The first-order valence-corrected chi connectivity index (χ1v) is 6.66. The van der Waals surface area contributed by atoms with Crippen molar-refractivity contribution in [3.05, 3.63) is 29.0 Å². The number of ether oxygens (including phenoxy) is 1. The van der Waals surface area contributed by atoms with E-state index in [4.69, 9.17) is 4.74 Å². The van der Waals surface area contributed by atoms with Gasteiger partial charge in [-0.3, -0.25) is 0 Å². The molecule has 0 aliphatic carbocycles. The van der Waals surface area contributed by atoms with Gasteiger partial charge in [0.05, 0.1) is 12.6 Å². The number of aryl methyl sites for hydroxylation is 2. The number of fused-ring (bicyclic) bond motifs is 1. The van der Waals surface area contributed by atoms with E-state index in [1.807, 2.05) is 7.05 Å². The second kappa shape index (κ2) is 4.57. The summed E-state index contributed by atoms with van der Waals surface area (Å²) in [5, 5.41) is 4.68. The molecule has 0 spiro atoms. The summed E-state index contributed by atoms with van der Waals surface area (Å²) < 4.78 is 7.70. The predicted octanol–water partition coefficient (Wildman–Crippen LogP) is 3.26. The summed E-state index contributed by atoms with van der Waals surface area (Å²) >= 11 is 0. The molecule has 0 aliphatic heterocycles. The number of nitrogens with zero attached hydrogens (tertiary/aromatic N) is 1. The monoisotopic (exact) mass is 260 g/mol. The summed E-state index contributed by atoms with van der Waals surface area (Å²) in [6.45, 7) is 8.74. The lowest BCUT2D eigenvalue weighted by Gasteiger charge is -2.25. The van der Waals surface area contributed by atoms with E-state index in [1.165, 1.54) is 27.7 Å². The maximum Gasteiger partial charge on any atom is 0.119 e. The molecule has 3 nitrogen and oxygen atoms in total. The predicted molar refractivity (Wildman–Crippen MR) is 81.0 cm³/mol. The Morgan fingerprint density at radius 2 is 1.84 bits per heavy atom. The molecule has 104 valence electrons. The van der Waals surface area contributed by atoms with Crippen LogP contribution in [0.2, 0.25) is 0 Å². The van der Waals surface area contributed by atoms with Crippen molar-refractivity contribution in [1.82, 2.24) is 9.88 Å². The van der Waals surface area contributed by atoms with Gasteiger partial charge in [-0.2, -0.15) is 0 Å². The molecule has 0 unspecified atom stereocenters. The first-order valence-electron chi connectivity index (χ1n) is 6.66. The summed E-state index contributed by atoms with van der Waals surface area (Å²) in [5.41, 5.74) is 5.11. The second-order valence-corrected chi connectivity index (χ2v) is 5.73. The van der Waals surface area contributed by atoms with Crippen molar-refractivity contribution in [2.24, 2.45) is 7.05 Å². The van der Waals surface area contributed by atoms with Crippen molar-refractivity contribution in [2.45, 2.75) is 33.2 Å². The van der Waals surface area contributed by atoms with Crippen LogP contribution in [0.5, 0.6) is 5.75 Å². The Kier molecular flexibility index (Phi) is 3.35. The molecular formula is C16H24N2O. The van der Waals surface area contributed by atoms with Crippen LogP contribution in [0.15, 0.2) is 12.1 Å². The Balaban J connectivity index is 2.91. The number of aromatic nitrogens is 1. The normalized spacial score (nSPS) is 12.2. The Bertz CT molecular complexity index is 623. The van der Waals surface area contributed by atoms with E-state index in [0.29, 0.717) is 0 Å². The van der Waals surface area contributed by atoms with Gasteiger partial charge in [-0.1, -0.05) is 0 Å². The minimum Gasteiger partial charge on any atom is -0.497 e. The van der Waals surface area contributed by atoms with Gasteiger partial charge in [-0.15, -0.1) is 0 Å². The molecule has 0 amide bonds. The maximum atomic E-state index is 5.42. The first-order chi connectivity index (χ1) is 8.83. The molecule has 1 aromatic carbocycles. The summed E-state index contributed by atoms with van der Waals surface area (Å²) in [7, 11) is 5.86. The third-order valence-corrected chi connectivity index (χ3v) is 4.23. The lowest BCUT2D eigenvalue weighted by Crippen LogP contribution is -2.33. The van der Waals surface area contributed by atoms with Crippen LogP contribution in [0.1, 0.15) is 30.7 Å². The Morgan fingerprint density at radius 3 is 2.37 bits per heavy atom. The maximum absolute atomic E-state index is 5.42. The Labute approximate surface area is 115 Å². The summed E-state index contributed by atoms with van der Waals surface area (Å²) in [6, 6.07) is 4.24. The van der Waals surface area contributed by atoms with E-state index >= 15 is 0 Å². The zero-order chi connectivity index (χ0) is 14.4. The van der Waals surface area contributed by atoms with Crippen molar-refractivity contribution in [2.75, 3.05) is 14.2 Å². The van der Waals surface area contributed by atoms with E-state index < -0.39 is 0 Å². The smallest absolute Gasteiger partial charge is 0.119 e. The van der Waals surface area contributed by atoms with E-state index in [0.717, 1.165) is 5.75 Å². The van der Waals surface area contributed by atoms with E-state index in [2.05, 4.69) is 56.8 Å². The number of hydrogen-bond donors (Lipinski definition) is 1. The van der Waals surface area contributed by atoms with Gasteiger partial charge >= 0.3 is 0 Å². The molecule has 19 heavy (non-hydrogen) atoms. The largest absolute Gasteiger partial charge is 0.497 e. The molecule has 3 heteroatoms. The average molecular weight is 260 g/mol. The molecule has 0 aliphatic rings. The third kappa shape index (κ3) is 2.02. The molecule has 1 heterocycles. The van der Waals surface area contributed by atoms with Crippen LogP contribution < -0.4 is 10.1 Å². The molecule has 0 saturated heterocycles. The lowest BCUT2D eigenvalue weighted by molar-refractivity contribution is 0.414. The first kappa shape index (κ1) is 13.9. The number of hydrogen-bond acceptors (Lipinski definition) is 2. The summed E-state index contributed by atoms with van der Waals surface area (Å²) in [6.07, 6.45) is 0. The summed E-state index contributed by atoms with van der Waals surface area (Å²) in [4.78, 5) is 0. The van der Waals surface area contributed by atoms with Gasteiger partial charge in [-0.25, -0.2) is 0 Å². The SMILES string of the molecule is CNC(C)(C)c1c(C)n(C)c2c(C)cc(OC)cc12. The molecule has 0 saturated carbocycles. The number of benzene rings is 1. The van der Waals surface area contributed by atoms with Crippen molar-refractivity contribution in [1.29, 1.82) is 0 Å². The fourth-order valence-corrected chi connectivity index (χ4v) is 2.94. The van der Waals surface area contributed by atoms with Crippen LogP contribution in [0, 0.1) is 13.8 Å². The minimum atomic E-state index is -0.0671. The standard InChI is InChI=1S/C16H24N2O/c1-10-8-12(19-7)9-13-14(16(3,4)17-5)11(2)18(6)15(10)13/h8-9,17H,1-7H3. The minimum absolute atomic E-state index is 0.0671. The molecule has 0 radical (unpaired) electrons. The van der Waals surface area contributed by atoms with Crippen LogP contribution in [0.3, 0.4) is 0 Å². The number of rotatable bonds is 3. The quantitative estimate of drug-likeness (QED) is 0.916. The van der Waals surface area contributed by atoms with E-state index in [9.17, 15) is 0 Å². The number of methoxy groups -OCH3 is 1. The van der Waals surface area contributed by atoms with Crippen molar-refractivity contribution in [3.8, 4) is 5.75 Å². The average Bonchev–Trinajstić information content (AvgIpc) is 2.62. The van der Waals surface area contributed by atoms with Gasteiger partial charge < -0.3 is 14.6 Å². The fourth-order valence-electron chi connectivity index (χ4n) is 2.94. The fraction of sp³-hybridized carbons (Fsp3) is 0.500. The van der Waals surface area contributed by atoms with Crippen LogP contribution in [-0.4, -0.2) is 18.7 Å². The van der Waals surface area contributed by atoms with Crippen molar-refractivity contribution < 1.29 is 4.74 Å². The molecule has 1 aromatic heterocycles. The Hall–Kier alpha value is -1.48. The number of nitrogens with one attached hydrogen (secondary N) is 1. The molecule has 0 fully saturated rings. The highest BCUT2D eigenvalue weighted by Crippen LogP contribution is 2.36. The van der Waals surface area contributed by atoms with Crippen LogP contribution >= 0.6 is 0 Å². The van der Waals surface area contributed by atoms with Gasteiger partial charge in [-0.05, 0) is 52.4 Å². The van der Waals surface area contributed by atoms with Gasteiger partial charge in [0, 0.05) is 29.2 Å². The van der Waals surface area contributed by atoms with Gasteiger partial charge in [0.1, 0.15) is 5.75 Å². The van der Waals surface area contributed by atoms with Gasteiger partial charge in [0.2, 0.25) is 0 Å². The van der Waals surface area contributed by atoms with Gasteiger partial charge in [0.25, 0.3) is 0 Å². The molecule has 0 atom stereocenters. The zero-order valence-corrected chi connectivity index (χ0v) is 13.0. The highest BCUT2D eigenvalue weighted by molar-refractivity contribution is 5.90. The highest BCUT2D eigenvalue weighted by atomic mass is 16.5. The van der Waals surface area contributed by atoms with Crippen LogP contribution in [-0.2, 0) is 12.6 Å². The Morgan fingerprint density at radius 1 is 1.21 bits per heavy atom. The molecule has 1 N–H and O–H groups in total. The van der Waals surface area contributed by atoms with Crippen molar-refractivity contribution in [3.63, 3.8) is 0 Å². The lowest BCUT2D eigenvalue weighted by atomic mass is 9.91. The van der Waals surface area contributed by atoms with Gasteiger partial charge in [0.15, 0.2) is 0 Å². The van der Waals surface area contributed by atoms with Crippen molar-refractivity contribution >= 4 is 10.9 Å². The zero-order valence-electron chi connectivity index (χ0n) is 13.0. The molecule has 2 rings (SSSR count). The molecule has 0 bridgehead atoms. The van der Waals surface area contributed by atoms with E-state index in [-0.39, 0.29) is 5.54 Å². The molecular weight excluding hydrogens is 236 g/mol. The van der Waals surface area contributed by atoms with Crippen LogP contribution in [0.4, 0.5) is 0 Å². The van der Waals surface area contributed by atoms with E-state index in [1.54, 1.807) is 7.11 Å². The molecule has 2 aromatic rings. The topological polar surface area (TPSA) is 26.2 Å². The van der Waals surface area contributed by atoms with Crippen LogP contribution in [0.25, 0.3) is 10.9 Å². The highest BCUT2D eigenvalue weighted by Gasteiger charge is 2.26.